The van der Waals surface area contributed by atoms with E-state index >= 15 is 0 Å². The standard InChI is InChI=1S/C18H16FN5O/c1-11-7-16-20-15(9-17(25)24(16)21-11)8-13-10-23(2)22-18(13)12-3-5-14(19)6-4-12/h3-7,9-10,21H,8H2,1-2H3. The summed E-state index contributed by atoms with van der Waals surface area (Å²) in [6, 6.07) is 9.56. The molecule has 0 unspecified atom stereocenters. The minimum Gasteiger partial charge on any atom is -0.294 e. The van der Waals surface area contributed by atoms with Gasteiger partial charge in [-0.05, 0) is 31.2 Å². The van der Waals surface area contributed by atoms with Crippen LogP contribution in [-0.2, 0) is 13.5 Å². The number of rotatable bonds is 3. The summed E-state index contributed by atoms with van der Waals surface area (Å²) in [6.07, 6.45) is 2.36. The van der Waals surface area contributed by atoms with E-state index in [0.717, 1.165) is 22.5 Å². The first-order chi connectivity index (χ1) is 12.0. The lowest BCUT2D eigenvalue weighted by atomic mass is 10.0. The first kappa shape index (κ1) is 15.3. The molecule has 6 nitrogen and oxygen atoms in total. The molecular formula is C18H16FN5O. The highest BCUT2D eigenvalue weighted by Crippen LogP contribution is 2.24. The van der Waals surface area contributed by atoms with Gasteiger partial charge in [0.2, 0.25) is 0 Å². The van der Waals surface area contributed by atoms with Gasteiger partial charge < -0.3 is 0 Å². The predicted octanol–water partition coefficient (Wildman–Crippen LogP) is 2.46. The van der Waals surface area contributed by atoms with E-state index in [-0.39, 0.29) is 11.4 Å². The van der Waals surface area contributed by atoms with Crippen molar-refractivity contribution in [3.63, 3.8) is 0 Å². The maximum atomic E-state index is 13.2. The van der Waals surface area contributed by atoms with Gasteiger partial charge in [0.25, 0.3) is 5.56 Å². The normalized spacial score (nSPS) is 11.3. The molecule has 4 rings (SSSR count). The highest BCUT2D eigenvalue weighted by Gasteiger charge is 2.13. The second-order valence-electron chi connectivity index (χ2n) is 6.08. The molecule has 0 atom stereocenters. The van der Waals surface area contributed by atoms with Gasteiger partial charge in [-0.25, -0.2) is 13.9 Å². The molecule has 0 fully saturated rings. The van der Waals surface area contributed by atoms with Crippen LogP contribution >= 0.6 is 0 Å². The van der Waals surface area contributed by atoms with E-state index in [9.17, 15) is 9.18 Å². The van der Waals surface area contributed by atoms with Crippen LogP contribution in [0.2, 0.25) is 0 Å². The van der Waals surface area contributed by atoms with Crippen LogP contribution in [0.1, 0.15) is 17.0 Å². The van der Waals surface area contributed by atoms with Crippen molar-refractivity contribution < 1.29 is 4.39 Å². The first-order valence-corrected chi connectivity index (χ1v) is 7.86. The van der Waals surface area contributed by atoms with E-state index in [1.165, 1.54) is 22.7 Å². The van der Waals surface area contributed by atoms with Crippen molar-refractivity contribution in [3.8, 4) is 11.3 Å². The Bertz CT molecular complexity index is 1120. The van der Waals surface area contributed by atoms with Gasteiger partial charge in [0.15, 0.2) is 5.65 Å². The lowest BCUT2D eigenvalue weighted by Crippen LogP contribution is -2.15. The van der Waals surface area contributed by atoms with Gasteiger partial charge >= 0.3 is 0 Å². The van der Waals surface area contributed by atoms with E-state index in [2.05, 4.69) is 15.2 Å². The molecular weight excluding hydrogens is 321 g/mol. The molecule has 0 aliphatic heterocycles. The molecule has 0 bridgehead atoms. The SMILES string of the molecule is Cc1cc2nc(Cc3cn(C)nc3-c3ccc(F)cc3)cc(=O)n2[nH]1. The highest BCUT2D eigenvalue weighted by atomic mass is 19.1. The molecule has 1 N–H and O–H groups in total. The van der Waals surface area contributed by atoms with Crippen LogP contribution in [-0.4, -0.2) is 24.4 Å². The quantitative estimate of drug-likeness (QED) is 0.624. The van der Waals surface area contributed by atoms with Crippen LogP contribution in [0, 0.1) is 12.7 Å². The number of hydrogen-bond donors (Lipinski definition) is 1. The average Bonchev–Trinajstić information content (AvgIpc) is 3.11. The fourth-order valence-corrected chi connectivity index (χ4v) is 2.96. The molecule has 0 aliphatic carbocycles. The number of fused-ring (bicyclic) bond motifs is 1. The Hall–Kier alpha value is -3.22. The van der Waals surface area contributed by atoms with Crippen molar-refractivity contribution in [1.29, 1.82) is 0 Å². The molecule has 3 aromatic heterocycles. The Morgan fingerprint density at radius 3 is 2.72 bits per heavy atom. The Morgan fingerprint density at radius 1 is 1.20 bits per heavy atom. The van der Waals surface area contributed by atoms with Gasteiger partial charge in [-0.3, -0.25) is 14.6 Å². The Kier molecular flexibility index (Phi) is 3.49. The Balaban J connectivity index is 1.76. The molecule has 1 aromatic carbocycles. The van der Waals surface area contributed by atoms with Gasteiger partial charge in [-0.2, -0.15) is 5.10 Å². The van der Waals surface area contributed by atoms with Crippen molar-refractivity contribution in [2.24, 2.45) is 7.05 Å². The van der Waals surface area contributed by atoms with Crippen molar-refractivity contribution >= 4 is 5.65 Å². The third kappa shape index (κ3) is 2.84. The topological polar surface area (TPSA) is 68.0 Å². The third-order valence-corrected chi connectivity index (χ3v) is 4.03. The van der Waals surface area contributed by atoms with Gasteiger partial charge in [0.05, 0.1) is 11.4 Å². The van der Waals surface area contributed by atoms with E-state index in [4.69, 9.17) is 0 Å². The molecule has 0 saturated carbocycles. The number of aromatic amines is 1. The van der Waals surface area contributed by atoms with Gasteiger partial charge in [-0.15, -0.1) is 0 Å². The number of H-pyrrole nitrogens is 1. The Morgan fingerprint density at radius 2 is 1.96 bits per heavy atom. The molecule has 3 heterocycles. The highest BCUT2D eigenvalue weighted by molar-refractivity contribution is 5.63. The van der Waals surface area contributed by atoms with Gasteiger partial charge in [0, 0.05) is 48.6 Å². The Labute approximate surface area is 142 Å². The van der Waals surface area contributed by atoms with Crippen molar-refractivity contribution in [2.75, 3.05) is 0 Å². The second kappa shape index (κ2) is 5.70. The third-order valence-electron chi connectivity index (χ3n) is 4.03. The minimum atomic E-state index is -0.288. The fraction of sp³-hybridized carbons (Fsp3) is 0.167. The zero-order valence-corrected chi connectivity index (χ0v) is 13.8. The predicted molar refractivity (Wildman–Crippen MR) is 92.0 cm³/mol. The number of aromatic nitrogens is 5. The maximum absolute atomic E-state index is 13.2. The average molecular weight is 337 g/mol. The molecule has 0 spiro atoms. The van der Waals surface area contributed by atoms with Crippen molar-refractivity contribution in [2.45, 2.75) is 13.3 Å². The summed E-state index contributed by atoms with van der Waals surface area (Å²) in [4.78, 5) is 16.8. The number of hydrogen-bond acceptors (Lipinski definition) is 3. The second-order valence-corrected chi connectivity index (χ2v) is 6.08. The van der Waals surface area contributed by atoms with Crippen LogP contribution in [0.5, 0.6) is 0 Å². The zero-order chi connectivity index (χ0) is 17.6. The molecule has 0 radical (unpaired) electrons. The number of nitrogens with zero attached hydrogens (tertiary/aromatic N) is 4. The first-order valence-electron chi connectivity index (χ1n) is 7.86. The number of benzene rings is 1. The molecule has 0 saturated heterocycles. The summed E-state index contributed by atoms with van der Waals surface area (Å²) in [6.45, 7) is 1.88. The fourth-order valence-electron chi connectivity index (χ4n) is 2.96. The van der Waals surface area contributed by atoms with Gasteiger partial charge in [-0.1, -0.05) is 0 Å². The maximum Gasteiger partial charge on any atom is 0.272 e. The zero-order valence-electron chi connectivity index (χ0n) is 13.8. The monoisotopic (exact) mass is 337 g/mol. The molecule has 4 aromatic rings. The number of nitrogens with one attached hydrogen (secondary N) is 1. The van der Waals surface area contributed by atoms with Crippen molar-refractivity contribution in [3.05, 3.63) is 75.7 Å². The van der Waals surface area contributed by atoms with Crippen LogP contribution in [0.15, 0.2) is 47.4 Å². The smallest absolute Gasteiger partial charge is 0.272 e. The van der Waals surface area contributed by atoms with Gasteiger partial charge in [0.1, 0.15) is 5.82 Å². The molecule has 126 valence electrons. The summed E-state index contributed by atoms with van der Waals surface area (Å²) in [5, 5.41) is 7.43. The number of halogens is 1. The van der Waals surface area contributed by atoms with E-state index in [1.807, 2.05) is 26.2 Å². The molecule has 7 heteroatoms. The van der Waals surface area contributed by atoms with E-state index in [0.29, 0.717) is 17.8 Å². The van der Waals surface area contributed by atoms with Crippen LogP contribution in [0.25, 0.3) is 16.9 Å². The summed E-state index contributed by atoms with van der Waals surface area (Å²) in [5.74, 6) is -0.288. The van der Waals surface area contributed by atoms with E-state index in [1.54, 1.807) is 16.8 Å². The number of aryl methyl sites for hydroxylation is 2. The molecule has 0 aliphatic rings. The summed E-state index contributed by atoms with van der Waals surface area (Å²) in [5.41, 5.74) is 4.49. The van der Waals surface area contributed by atoms with Crippen LogP contribution < -0.4 is 5.56 Å². The summed E-state index contributed by atoms with van der Waals surface area (Å²) in [7, 11) is 1.83. The largest absolute Gasteiger partial charge is 0.294 e. The lowest BCUT2D eigenvalue weighted by Gasteiger charge is -2.03. The van der Waals surface area contributed by atoms with Crippen molar-refractivity contribution in [1.82, 2.24) is 24.4 Å². The van der Waals surface area contributed by atoms with Crippen LogP contribution in [0.4, 0.5) is 4.39 Å². The molecule has 25 heavy (non-hydrogen) atoms. The van der Waals surface area contributed by atoms with E-state index < -0.39 is 0 Å². The summed E-state index contributed by atoms with van der Waals surface area (Å²) >= 11 is 0. The minimum absolute atomic E-state index is 0.152. The molecule has 0 amide bonds. The van der Waals surface area contributed by atoms with Crippen LogP contribution in [0.3, 0.4) is 0 Å². The lowest BCUT2D eigenvalue weighted by molar-refractivity contribution is 0.628. The summed E-state index contributed by atoms with van der Waals surface area (Å²) < 4.78 is 16.3.